The molecule has 0 amide bonds. The Morgan fingerprint density at radius 2 is 1.79 bits per heavy atom. The summed E-state index contributed by atoms with van der Waals surface area (Å²) >= 11 is 3.27. The molecule has 2 rings (SSSR count). The second-order valence-corrected chi connectivity index (χ2v) is 3.61. The predicted molar refractivity (Wildman–Crippen MR) is 58.4 cm³/mol. The molecule has 0 radical (unpaired) electrons. The van der Waals surface area contributed by atoms with E-state index in [-0.39, 0.29) is 0 Å². The SMILES string of the molecule is COc1ccc(-c2ccc(Br)o2)cc1. The summed E-state index contributed by atoms with van der Waals surface area (Å²) < 4.78 is 11.2. The Labute approximate surface area is 90.6 Å². The fourth-order valence-electron chi connectivity index (χ4n) is 1.22. The van der Waals surface area contributed by atoms with Gasteiger partial charge in [-0.1, -0.05) is 0 Å². The molecular formula is C11H9BrO2. The van der Waals surface area contributed by atoms with Crippen molar-refractivity contribution in [2.24, 2.45) is 0 Å². The summed E-state index contributed by atoms with van der Waals surface area (Å²) in [5, 5.41) is 0. The predicted octanol–water partition coefficient (Wildman–Crippen LogP) is 3.72. The summed E-state index contributed by atoms with van der Waals surface area (Å²) in [6.07, 6.45) is 0. The van der Waals surface area contributed by atoms with Crippen LogP contribution >= 0.6 is 15.9 Å². The van der Waals surface area contributed by atoms with Crippen molar-refractivity contribution in [1.82, 2.24) is 0 Å². The monoisotopic (exact) mass is 252 g/mol. The van der Waals surface area contributed by atoms with Crippen LogP contribution in [-0.4, -0.2) is 7.11 Å². The molecule has 0 atom stereocenters. The molecule has 0 saturated carbocycles. The maximum Gasteiger partial charge on any atom is 0.169 e. The van der Waals surface area contributed by atoms with Gasteiger partial charge < -0.3 is 9.15 Å². The molecular weight excluding hydrogens is 244 g/mol. The molecule has 0 spiro atoms. The van der Waals surface area contributed by atoms with E-state index in [1.807, 2.05) is 36.4 Å². The van der Waals surface area contributed by atoms with Crippen molar-refractivity contribution in [2.45, 2.75) is 0 Å². The minimum Gasteiger partial charge on any atom is -0.497 e. The minimum atomic E-state index is 0.739. The van der Waals surface area contributed by atoms with Gasteiger partial charge in [0.1, 0.15) is 11.5 Å². The van der Waals surface area contributed by atoms with E-state index in [1.165, 1.54) is 0 Å². The molecule has 0 saturated heterocycles. The maximum atomic E-state index is 5.42. The van der Waals surface area contributed by atoms with Gasteiger partial charge >= 0.3 is 0 Å². The van der Waals surface area contributed by atoms with Gasteiger partial charge in [0, 0.05) is 5.56 Å². The number of hydrogen-bond donors (Lipinski definition) is 0. The molecule has 1 aromatic heterocycles. The molecule has 2 nitrogen and oxygen atoms in total. The molecule has 3 heteroatoms. The van der Waals surface area contributed by atoms with Crippen molar-refractivity contribution < 1.29 is 9.15 Å². The topological polar surface area (TPSA) is 22.4 Å². The second kappa shape index (κ2) is 3.88. The lowest BCUT2D eigenvalue weighted by Crippen LogP contribution is -1.81. The van der Waals surface area contributed by atoms with Crippen molar-refractivity contribution >= 4 is 15.9 Å². The third-order valence-electron chi connectivity index (χ3n) is 1.95. The molecule has 0 aliphatic carbocycles. The Bertz CT molecular complexity index is 417. The van der Waals surface area contributed by atoms with Gasteiger partial charge in [0.05, 0.1) is 7.11 Å². The molecule has 0 aliphatic heterocycles. The molecule has 0 aliphatic rings. The highest BCUT2D eigenvalue weighted by atomic mass is 79.9. The Balaban J connectivity index is 2.33. The van der Waals surface area contributed by atoms with Crippen LogP contribution in [-0.2, 0) is 0 Å². The highest BCUT2D eigenvalue weighted by Crippen LogP contribution is 2.26. The molecule has 1 heterocycles. The number of methoxy groups -OCH3 is 1. The summed E-state index contributed by atoms with van der Waals surface area (Å²) in [4.78, 5) is 0. The van der Waals surface area contributed by atoms with Gasteiger partial charge in [0.25, 0.3) is 0 Å². The summed E-state index contributed by atoms with van der Waals surface area (Å²) in [5.41, 5.74) is 1.04. The van der Waals surface area contributed by atoms with Crippen molar-refractivity contribution in [1.29, 1.82) is 0 Å². The quantitative estimate of drug-likeness (QED) is 0.813. The largest absolute Gasteiger partial charge is 0.497 e. The van der Waals surface area contributed by atoms with Crippen LogP contribution in [0.4, 0.5) is 0 Å². The van der Waals surface area contributed by atoms with Crippen LogP contribution in [0, 0.1) is 0 Å². The number of halogens is 1. The van der Waals surface area contributed by atoms with E-state index in [1.54, 1.807) is 7.11 Å². The zero-order chi connectivity index (χ0) is 9.97. The van der Waals surface area contributed by atoms with Crippen molar-refractivity contribution in [3.63, 3.8) is 0 Å². The second-order valence-electron chi connectivity index (χ2n) is 2.83. The summed E-state index contributed by atoms with van der Waals surface area (Å²) in [5.74, 6) is 1.69. The molecule has 0 bridgehead atoms. The smallest absolute Gasteiger partial charge is 0.169 e. The maximum absolute atomic E-state index is 5.42. The summed E-state index contributed by atoms with van der Waals surface area (Å²) in [7, 11) is 1.65. The molecule has 1 aromatic carbocycles. The van der Waals surface area contributed by atoms with Gasteiger partial charge in [-0.2, -0.15) is 0 Å². The number of benzene rings is 1. The highest BCUT2D eigenvalue weighted by Gasteiger charge is 2.02. The first-order valence-corrected chi connectivity index (χ1v) is 4.98. The van der Waals surface area contributed by atoms with Crippen molar-refractivity contribution in [3.8, 4) is 17.1 Å². The van der Waals surface area contributed by atoms with E-state index in [2.05, 4.69) is 15.9 Å². The van der Waals surface area contributed by atoms with Crippen LogP contribution in [0.3, 0.4) is 0 Å². The van der Waals surface area contributed by atoms with Gasteiger partial charge in [-0.3, -0.25) is 0 Å². The van der Waals surface area contributed by atoms with Gasteiger partial charge in [-0.15, -0.1) is 0 Å². The van der Waals surface area contributed by atoms with Crippen LogP contribution in [0.25, 0.3) is 11.3 Å². The molecule has 2 aromatic rings. The lowest BCUT2D eigenvalue weighted by molar-refractivity contribution is 0.415. The van der Waals surface area contributed by atoms with Gasteiger partial charge in [0.15, 0.2) is 4.67 Å². The number of furan rings is 1. The van der Waals surface area contributed by atoms with E-state index in [9.17, 15) is 0 Å². The van der Waals surface area contributed by atoms with E-state index in [0.29, 0.717) is 0 Å². The molecule has 72 valence electrons. The zero-order valence-electron chi connectivity index (χ0n) is 7.66. The molecule has 0 fully saturated rings. The highest BCUT2D eigenvalue weighted by molar-refractivity contribution is 9.10. The Hall–Kier alpha value is -1.22. The van der Waals surface area contributed by atoms with Crippen LogP contribution in [0.1, 0.15) is 0 Å². The van der Waals surface area contributed by atoms with E-state index >= 15 is 0 Å². The lowest BCUT2D eigenvalue weighted by atomic mass is 10.2. The lowest BCUT2D eigenvalue weighted by Gasteiger charge is -2.00. The fraction of sp³-hybridized carbons (Fsp3) is 0.0909. The zero-order valence-corrected chi connectivity index (χ0v) is 9.24. The first-order chi connectivity index (χ1) is 6.79. The first-order valence-electron chi connectivity index (χ1n) is 4.19. The molecule has 0 N–H and O–H groups in total. The van der Waals surface area contributed by atoms with Crippen molar-refractivity contribution in [2.75, 3.05) is 7.11 Å². The van der Waals surface area contributed by atoms with E-state index < -0.39 is 0 Å². The summed E-state index contributed by atoms with van der Waals surface area (Å²) in [6.45, 7) is 0. The normalized spacial score (nSPS) is 10.1. The van der Waals surface area contributed by atoms with E-state index in [0.717, 1.165) is 21.7 Å². The van der Waals surface area contributed by atoms with Gasteiger partial charge in [-0.05, 0) is 52.3 Å². The Kier molecular flexibility index (Phi) is 2.59. The van der Waals surface area contributed by atoms with Gasteiger partial charge in [-0.25, -0.2) is 0 Å². The average molecular weight is 253 g/mol. The average Bonchev–Trinajstić information content (AvgIpc) is 2.65. The number of rotatable bonds is 2. The minimum absolute atomic E-state index is 0.739. The third-order valence-corrected chi connectivity index (χ3v) is 2.37. The standard InChI is InChI=1S/C11H9BrO2/c1-13-9-4-2-8(3-5-9)10-6-7-11(12)14-10/h2-7H,1H3. The first kappa shape index (κ1) is 9.34. The third kappa shape index (κ3) is 1.82. The molecule has 14 heavy (non-hydrogen) atoms. The fourth-order valence-corrected chi connectivity index (χ4v) is 1.53. The number of ether oxygens (including phenoxy) is 1. The van der Waals surface area contributed by atoms with E-state index in [4.69, 9.17) is 9.15 Å². The van der Waals surface area contributed by atoms with Crippen LogP contribution in [0.15, 0.2) is 45.5 Å². The van der Waals surface area contributed by atoms with Crippen LogP contribution in [0.5, 0.6) is 5.75 Å². The Morgan fingerprint density at radius 3 is 2.29 bits per heavy atom. The van der Waals surface area contributed by atoms with Crippen molar-refractivity contribution in [3.05, 3.63) is 41.1 Å². The molecule has 0 unspecified atom stereocenters. The number of hydrogen-bond acceptors (Lipinski definition) is 2. The van der Waals surface area contributed by atoms with Crippen LogP contribution in [0.2, 0.25) is 0 Å². The Morgan fingerprint density at radius 1 is 1.07 bits per heavy atom. The van der Waals surface area contributed by atoms with Gasteiger partial charge in [0.2, 0.25) is 0 Å². The summed E-state index contributed by atoms with van der Waals surface area (Å²) in [6, 6.07) is 11.5. The van der Waals surface area contributed by atoms with Crippen LogP contribution < -0.4 is 4.74 Å².